The van der Waals surface area contributed by atoms with Crippen molar-refractivity contribution in [1.29, 1.82) is 0 Å². The third-order valence-corrected chi connectivity index (χ3v) is 2.29. The van der Waals surface area contributed by atoms with Crippen molar-refractivity contribution in [3.63, 3.8) is 0 Å². The molecule has 0 saturated carbocycles. The molecule has 0 bridgehead atoms. The van der Waals surface area contributed by atoms with E-state index in [4.69, 9.17) is 5.73 Å². The Kier molecular flexibility index (Phi) is 2.81. The van der Waals surface area contributed by atoms with Gasteiger partial charge in [0.2, 0.25) is 0 Å². The number of carbonyl (C=O) groups excluding carboxylic acids is 1. The molecule has 1 heterocycles. The largest absolute Gasteiger partial charge is 0.364 e. The maximum absolute atomic E-state index is 10.7. The van der Waals surface area contributed by atoms with Crippen molar-refractivity contribution in [2.45, 2.75) is 20.3 Å². The van der Waals surface area contributed by atoms with Gasteiger partial charge in [-0.05, 0) is 12.3 Å². The second-order valence-electron chi connectivity index (χ2n) is 3.11. The molecule has 0 spiro atoms. The van der Waals surface area contributed by atoms with Crippen LogP contribution in [0.1, 0.15) is 29.3 Å². The molecule has 4 heteroatoms. The number of nitrogens with zero attached hydrogens (tertiary/aromatic N) is 1. The summed E-state index contributed by atoms with van der Waals surface area (Å²) in [4.78, 5) is 14.8. The smallest absolute Gasteiger partial charge is 0.277 e. The van der Waals surface area contributed by atoms with Crippen LogP contribution in [0.5, 0.6) is 0 Å². The minimum atomic E-state index is -0.435. The van der Waals surface area contributed by atoms with Crippen LogP contribution in [0.3, 0.4) is 0 Å². The fourth-order valence-electron chi connectivity index (χ4n) is 0.932. The molecule has 0 radical (unpaired) electrons. The quantitative estimate of drug-likeness (QED) is 0.772. The molecule has 1 amide bonds. The molecule has 0 unspecified atom stereocenters. The van der Waals surface area contributed by atoms with Crippen LogP contribution in [-0.2, 0) is 6.42 Å². The van der Waals surface area contributed by atoms with Crippen molar-refractivity contribution >= 4 is 17.2 Å². The SMILES string of the molecule is CC(C)Cc1csc(C(N)=O)n1. The standard InChI is InChI=1S/C8H12N2OS/c1-5(2)3-6-4-12-8(10-6)7(9)11/h4-5H,3H2,1-2H3,(H2,9,11). The molecule has 1 aromatic rings. The number of rotatable bonds is 3. The maximum atomic E-state index is 10.7. The van der Waals surface area contributed by atoms with Gasteiger partial charge >= 0.3 is 0 Å². The van der Waals surface area contributed by atoms with E-state index in [1.165, 1.54) is 11.3 Å². The summed E-state index contributed by atoms with van der Waals surface area (Å²) in [5, 5.41) is 2.30. The molecule has 0 fully saturated rings. The second kappa shape index (κ2) is 3.67. The monoisotopic (exact) mass is 184 g/mol. The van der Waals surface area contributed by atoms with Crippen LogP contribution in [0.2, 0.25) is 0 Å². The first-order valence-electron chi connectivity index (χ1n) is 3.84. The molecule has 3 nitrogen and oxygen atoms in total. The van der Waals surface area contributed by atoms with Gasteiger partial charge in [-0.25, -0.2) is 4.98 Å². The lowest BCUT2D eigenvalue weighted by molar-refractivity contribution is 0.0999. The second-order valence-corrected chi connectivity index (χ2v) is 3.96. The summed E-state index contributed by atoms with van der Waals surface area (Å²) in [5.74, 6) is 0.128. The Hall–Kier alpha value is -0.900. The third kappa shape index (κ3) is 2.30. The number of primary amides is 1. The number of carbonyl (C=O) groups is 1. The Morgan fingerprint density at radius 3 is 2.83 bits per heavy atom. The zero-order valence-corrected chi connectivity index (χ0v) is 8.02. The van der Waals surface area contributed by atoms with E-state index in [9.17, 15) is 4.79 Å². The maximum Gasteiger partial charge on any atom is 0.277 e. The Morgan fingerprint density at radius 2 is 2.42 bits per heavy atom. The summed E-state index contributed by atoms with van der Waals surface area (Å²) >= 11 is 1.31. The van der Waals surface area contributed by atoms with Gasteiger partial charge in [0.1, 0.15) is 0 Å². The molecule has 0 aliphatic rings. The highest BCUT2D eigenvalue weighted by Crippen LogP contribution is 2.12. The van der Waals surface area contributed by atoms with E-state index < -0.39 is 5.91 Å². The Labute approximate surface area is 75.6 Å². The number of amides is 1. The van der Waals surface area contributed by atoms with Gasteiger partial charge in [-0.2, -0.15) is 0 Å². The van der Waals surface area contributed by atoms with Crippen LogP contribution in [0.15, 0.2) is 5.38 Å². The summed E-state index contributed by atoms with van der Waals surface area (Å²) in [6.45, 7) is 4.23. The summed E-state index contributed by atoms with van der Waals surface area (Å²) < 4.78 is 0. The van der Waals surface area contributed by atoms with Gasteiger partial charge in [-0.15, -0.1) is 11.3 Å². The fraction of sp³-hybridized carbons (Fsp3) is 0.500. The molecule has 0 saturated heterocycles. The number of thiazole rings is 1. The zero-order valence-electron chi connectivity index (χ0n) is 7.20. The van der Waals surface area contributed by atoms with E-state index in [1.807, 2.05) is 5.38 Å². The molecule has 66 valence electrons. The first kappa shape index (κ1) is 9.19. The van der Waals surface area contributed by atoms with Gasteiger partial charge in [0.25, 0.3) is 5.91 Å². The average Bonchev–Trinajstić information content (AvgIpc) is 2.34. The van der Waals surface area contributed by atoms with Gasteiger partial charge < -0.3 is 5.73 Å². The van der Waals surface area contributed by atoms with E-state index >= 15 is 0 Å². The van der Waals surface area contributed by atoms with E-state index in [-0.39, 0.29) is 0 Å². The molecule has 0 atom stereocenters. The highest BCUT2D eigenvalue weighted by atomic mass is 32.1. The minimum absolute atomic E-state index is 0.408. The third-order valence-electron chi connectivity index (χ3n) is 1.38. The Bertz CT molecular complexity index is 280. The lowest BCUT2D eigenvalue weighted by Gasteiger charge is -1.98. The predicted molar refractivity (Wildman–Crippen MR) is 49.2 cm³/mol. The van der Waals surface area contributed by atoms with Crippen LogP contribution in [-0.4, -0.2) is 10.9 Å². The lowest BCUT2D eigenvalue weighted by Crippen LogP contribution is -2.10. The van der Waals surface area contributed by atoms with Crippen molar-refractivity contribution < 1.29 is 4.79 Å². The van der Waals surface area contributed by atoms with Gasteiger partial charge in [0.15, 0.2) is 5.01 Å². The molecular weight excluding hydrogens is 172 g/mol. The molecule has 1 rings (SSSR count). The number of nitrogens with two attached hydrogens (primary N) is 1. The molecule has 1 aromatic heterocycles. The fourth-order valence-corrected chi connectivity index (χ4v) is 1.61. The van der Waals surface area contributed by atoms with Crippen LogP contribution in [0.4, 0.5) is 0 Å². The molecule has 0 aliphatic heterocycles. The van der Waals surface area contributed by atoms with Gasteiger partial charge in [-0.1, -0.05) is 13.8 Å². The molecule has 0 aliphatic carbocycles. The summed E-state index contributed by atoms with van der Waals surface area (Å²) in [5.41, 5.74) is 6.03. The van der Waals surface area contributed by atoms with Crippen molar-refractivity contribution in [1.82, 2.24) is 4.98 Å². The number of aromatic nitrogens is 1. The number of hydrogen-bond acceptors (Lipinski definition) is 3. The van der Waals surface area contributed by atoms with E-state index in [2.05, 4.69) is 18.8 Å². The van der Waals surface area contributed by atoms with E-state index in [0.717, 1.165) is 12.1 Å². The Morgan fingerprint density at radius 1 is 1.75 bits per heavy atom. The zero-order chi connectivity index (χ0) is 9.14. The minimum Gasteiger partial charge on any atom is -0.364 e. The highest BCUT2D eigenvalue weighted by molar-refractivity contribution is 7.11. The average molecular weight is 184 g/mol. The number of hydrogen-bond donors (Lipinski definition) is 1. The molecule has 0 aromatic carbocycles. The van der Waals surface area contributed by atoms with Gasteiger partial charge in [0.05, 0.1) is 5.69 Å². The van der Waals surface area contributed by atoms with Crippen LogP contribution in [0, 0.1) is 5.92 Å². The molecule has 12 heavy (non-hydrogen) atoms. The highest BCUT2D eigenvalue weighted by Gasteiger charge is 2.07. The summed E-state index contributed by atoms with van der Waals surface area (Å²) in [7, 11) is 0. The van der Waals surface area contributed by atoms with Crippen LogP contribution in [0.25, 0.3) is 0 Å². The van der Waals surface area contributed by atoms with E-state index in [0.29, 0.717) is 10.9 Å². The predicted octanol–water partition coefficient (Wildman–Crippen LogP) is 1.44. The molecular formula is C8H12N2OS. The van der Waals surface area contributed by atoms with Gasteiger partial charge in [-0.3, -0.25) is 4.79 Å². The van der Waals surface area contributed by atoms with Crippen molar-refractivity contribution in [3.8, 4) is 0 Å². The van der Waals surface area contributed by atoms with E-state index in [1.54, 1.807) is 0 Å². The topological polar surface area (TPSA) is 56.0 Å². The lowest BCUT2D eigenvalue weighted by atomic mass is 10.1. The van der Waals surface area contributed by atoms with Crippen molar-refractivity contribution in [3.05, 3.63) is 16.1 Å². The molecule has 2 N–H and O–H groups in total. The first-order chi connectivity index (χ1) is 5.59. The summed E-state index contributed by atoms with van der Waals surface area (Å²) in [6, 6.07) is 0. The summed E-state index contributed by atoms with van der Waals surface area (Å²) in [6.07, 6.45) is 0.907. The van der Waals surface area contributed by atoms with Crippen LogP contribution >= 0.6 is 11.3 Å². The normalized spacial score (nSPS) is 10.6. The van der Waals surface area contributed by atoms with Crippen molar-refractivity contribution in [2.24, 2.45) is 11.7 Å². The van der Waals surface area contributed by atoms with Gasteiger partial charge in [0, 0.05) is 5.38 Å². The van der Waals surface area contributed by atoms with Crippen LogP contribution < -0.4 is 5.73 Å². The Balaban J connectivity index is 2.71. The van der Waals surface area contributed by atoms with Crippen molar-refractivity contribution in [2.75, 3.05) is 0 Å². The first-order valence-corrected chi connectivity index (χ1v) is 4.71.